The smallest absolute Gasteiger partial charge is 0.457 e. The first kappa shape index (κ1) is 62.7. The van der Waals surface area contributed by atoms with Crippen LogP contribution in [0, 0.1) is 0 Å². The Balaban J connectivity index is 4.00. The van der Waals surface area contributed by atoms with E-state index in [2.05, 4.69) is 14.2 Å². The molecule has 0 saturated heterocycles. The first-order chi connectivity index (χ1) is 29.5. The van der Waals surface area contributed by atoms with Gasteiger partial charge in [0.1, 0.15) is 0 Å². The van der Waals surface area contributed by atoms with Crippen LogP contribution in [0.4, 0.5) is 171 Å². The zero-order valence-corrected chi connectivity index (χ0v) is 29.9. The standard InChI is InChI=1S/C24H6F39N3O3/c25-7(26,10(31,32)13(37,38)16(43,44)19(49,50)22(55,56)57)1-67-4-64-5(68-2-8(27,28)11(33,34)14(39,40)17(45,46)20(51,52)23(58,59)60)66-6(65-4)69-3-9(29,30)12(35,36)15(41,42)18(47,48)21(53,54)24(61,62)63/h1-3H2. The Hall–Kier alpha value is -4.32. The van der Waals surface area contributed by atoms with Gasteiger partial charge in [-0.25, -0.2) is 0 Å². The largest absolute Gasteiger partial charge is 0.460 e. The molecule has 0 aromatic carbocycles. The summed E-state index contributed by atoms with van der Waals surface area (Å²) in [6, 6.07) is -9.60. The summed E-state index contributed by atoms with van der Waals surface area (Å²) >= 11 is 0. The summed E-state index contributed by atoms with van der Waals surface area (Å²) in [5.41, 5.74) is 0. The Morgan fingerprint density at radius 1 is 0.203 bits per heavy atom. The van der Waals surface area contributed by atoms with Crippen LogP contribution in [0.15, 0.2) is 0 Å². The normalized spacial score (nSPS) is 16.2. The lowest BCUT2D eigenvalue weighted by Gasteiger charge is -2.39. The first-order valence-electron chi connectivity index (χ1n) is 15.0. The van der Waals surface area contributed by atoms with Gasteiger partial charge in [-0.05, 0) is 0 Å². The second kappa shape index (κ2) is 16.9. The molecule has 408 valence electrons. The minimum absolute atomic E-state index is 1.83. The molecule has 0 saturated carbocycles. The summed E-state index contributed by atoms with van der Waals surface area (Å²) in [7, 11) is 0. The van der Waals surface area contributed by atoms with Crippen LogP contribution in [-0.2, 0) is 0 Å². The highest BCUT2D eigenvalue weighted by molar-refractivity contribution is 5.15. The fraction of sp³-hybridized carbons (Fsp3) is 0.875. The van der Waals surface area contributed by atoms with Gasteiger partial charge in [0.25, 0.3) is 0 Å². The van der Waals surface area contributed by atoms with E-state index in [1.807, 2.05) is 15.0 Å². The van der Waals surface area contributed by atoms with E-state index in [4.69, 9.17) is 0 Å². The average Bonchev–Trinajstić information content (AvgIpc) is 3.13. The molecule has 1 aromatic rings. The number of aromatic nitrogens is 3. The Kier molecular flexibility index (Phi) is 15.4. The number of hydrogen-bond donors (Lipinski definition) is 0. The third kappa shape index (κ3) is 9.38. The van der Waals surface area contributed by atoms with Crippen molar-refractivity contribution in [1.29, 1.82) is 0 Å². The third-order valence-corrected chi connectivity index (χ3v) is 7.72. The van der Waals surface area contributed by atoms with E-state index in [0.717, 1.165) is 0 Å². The summed E-state index contributed by atoms with van der Waals surface area (Å²) in [5.74, 6) is -126. The van der Waals surface area contributed by atoms with Crippen LogP contribution in [0.2, 0.25) is 0 Å². The lowest BCUT2D eigenvalue weighted by atomic mass is 9.94. The topological polar surface area (TPSA) is 66.4 Å². The molecule has 1 aromatic heterocycles. The number of alkyl halides is 39. The van der Waals surface area contributed by atoms with E-state index in [9.17, 15) is 171 Å². The predicted molar refractivity (Wildman–Crippen MR) is 129 cm³/mol. The second-order valence-corrected chi connectivity index (χ2v) is 12.5. The molecular formula is C24H6F39N3O3. The van der Waals surface area contributed by atoms with Crippen LogP contribution < -0.4 is 14.2 Å². The minimum Gasteiger partial charge on any atom is -0.457 e. The van der Waals surface area contributed by atoms with Gasteiger partial charge in [-0.3, -0.25) is 0 Å². The quantitative estimate of drug-likeness (QED) is 0.114. The van der Waals surface area contributed by atoms with E-state index in [1.54, 1.807) is 0 Å². The summed E-state index contributed by atoms with van der Waals surface area (Å²) < 4.78 is 531. The van der Waals surface area contributed by atoms with Crippen molar-refractivity contribution in [1.82, 2.24) is 15.0 Å². The maximum Gasteiger partial charge on any atom is 0.460 e. The Bertz CT molecular complexity index is 1730. The second-order valence-electron chi connectivity index (χ2n) is 12.5. The molecule has 45 heteroatoms. The van der Waals surface area contributed by atoms with Gasteiger partial charge < -0.3 is 14.2 Å². The summed E-state index contributed by atoms with van der Waals surface area (Å²) in [6.07, 6.45) is -24.2. The summed E-state index contributed by atoms with van der Waals surface area (Å²) in [6.45, 7) is -12.8. The highest BCUT2D eigenvalue weighted by Gasteiger charge is 2.93. The average molecular weight is 1130 g/mol. The molecule has 0 aliphatic rings. The van der Waals surface area contributed by atoms with Crippen LogP contribution in [-0.4, -0.2) is 142 Å². The van der Waals surface area contributed by atoms with E-state index in [1.165, 1.54) is 0 Å². The molecule has 0 fully saturated rings. The highest BCUT2D eigenvalue weighted by Crippen LogP contribution is 2.63. The lowest BCUT2D eigenvalue weighted by molar-refractivity contribution is -0.440. The SMILES string of the molecule is FC(F)(F)C(F)(F)C(F)(F)C(F)(F)C(F)(F)C(F)(F)COc1nc(OCC(F)(F)C(F)(F)C(F)(F)C(F)(F)C(F)(F)C(F)(F)F)nc(OCC(F)(F)C(F)(F)C(F)(F)C(F)(F)C(F)(F)C(F)(F)F)n1. The number of ether oxygens (including phenoxy) is 3. The Morgan fingerprint density at radius 2 is 0.333 bits per heavy atom. The zero-order valence-electron chi connectivity index (χ0n) is 29.9. The molecule has 0 radical (unpaired) electrons. The third-order valence-electron chi connectivity index (χ3n) is 7.72. The molecule has 0 aliphatic heterocycles. The number of nitrogens with zero attached hydrogens (tertiary/aromatic N) is 3. The van der Waals surface area contributed by atoms with Crippen molar-refractivity contribution in [2.24, 2.45) is 0 Å². The van der Waals surface area contributed by atoms with Gasteiger partial charge in [-0.15, -0.1) is 15.0 Å². The zero-order chi connectivity index (χ0) is 56.1. The number of hydrogen-bond acceptors (Lipinski definition) is 6. The van der Waals surface area contributed by atoms with Gasteiger partial charge >= 0.3 is 125 Å². The molecule has 0 aliphatic carbocycles. The molecule has 0 unspecified atom stereocenters. The van der Waals surface area contributed by atoms with Crippen molar-refractivity contribution >= 4 is 0 Å². The van der Waals surface area contributed by atoms with Crippen LogP contribution in [0.3, 0.4) is 0 Å². The van der Waals surface area contributed by atoms with Crippen molar-refractivity contribution in [3.05, 3.63) is 0 Å². The molecular weight excluding hydrogens is 1120 g/mol. The van der Waals surface area contributed by atoms with Crippen molar-refractivity contribution in [2.75, 3.05) is 19.8 Å². The molecule has 0 atom stereocenters. The Morgan fingerprint density at radius 3 is 0.464 bits per heavy atom. The molecule has 0 spiro atoms. The monoisotopic (exact) mass is 1120 g/mol. The van der Waals surface area contributed by atoms with Crippen LogP contribution in [0.5, 0.6) is 18.0 Å². The van der Waals surface area contributed by atoms with Gasteiger partial charge in [0.2, 0.25) is 0 Å². The Labute approximate surface area is 347 Å². The van der Waals surface area contributed by atoms with E-state index in [-0.39, 0.29) is 0 Å². The van der Waals surface area contributed by atoms with Crippen LogP contribution in [0.1, 0.15) is 0 Å². The minimum atomic E-state index is -8.76. The van der Waals surface area contributed by atoms with Gasteiger partial charge in [-0.2, -0.15) is 171 Å². The molecule has 0 amide bonds. The fourth-order valence-electron chi connectivity index (χ4n) is 3.66. The molecule has 69 heavy (non-hydrogen) atoms. The summed E-state index contributed by atoms with van der Waals surface area (Å²) in [4.78, 5) is 5.48. The molecule has 6 nitrogen and oxygen atoms in total. The molecule has 0 N–H and O–H groups in total. The van der Waals surface area contributed by atoms with Crippen LogP contribution >= 0.6 is 0 Å². The van der Waals surface area contributed by atoms with E-state index >= 15 is 0 Å². The summed E-state index contributed by atoms with van der Waals surface area (Å²) in [5, 5.41) is 0. The van der Waals surface area contributed by atoms with Gasteiger partial charge in [-0.1, -0.05) is 0 Å². The predicted octanol–water partition coefficient (Wildman–Crippen LogP) is 12.2. The lowest BCUT2D eigenvalue weighted by Crippen LogP contribution is -2.70. The maximum atomic E-state index is 14.2. The van der Waals surface area contributed by atoms with Crippen LogP contribution in [0.25, 0.3) is 0 Å². The molecule has 0 bridgehead atoms. The fourth-order valence-corrected chi connectivity index (χ4v) is 3.66. The van der Waals surface area contributed by atoms with E-state index in [0.29, 0.717) is 0 Å². The number of rotatable bonds is 21. The highest BCUT2D eigenvalue weighted by atomic mass is 19.5. The van der Waals surface area contributed by atoms with Crippen molar-refractivity contribution in [2.45, 2.75) is 107 Å². The molecule has 1 rings (SSSR count). The van der Waals surface area contributed by atoms with E-state index < -0.39 is 145 Å². The van der Waals surface area contributed by atoms with Crippen molar-refractivity contribution in [3.8, 4) is 18.0 Å². The maximum absolute atomic E-state index is 14.2. The van der Waals surface area contributed by atoms with Gasteiger partial charge in [0.15, 0.2) is 19.8 Å². The van der Waals surface area contributed by atoms with Crippen molar-refractivity contribution in [3.63, 3.8) is 0 Å². The van der Waals surface area contributed by atoms with Crippen molar-refractivity contribution < 1.29 is 185 Å². The molecule has 1 heterocycles. The number of halogens is 39. The van der Waals surface area contributed by atoms with Gasteiger partial charge in [0.05, 0.1) is 0 Å². The first-order valence-corrected chi connectivity index (χ1v) is 15.0. The van der Waals surface area contributed by atoms with Gasteiger partial charge in [0, 0.05) is 0 Å².